The van der Waals surface area contributed by atoms with Gasteiger partial charge in [-0.05, 0) is 6.92 Å². The van der Waals surface area contributed by atoms with Crippen LogP contribution in [0.5, 0.6) is 0 Å². The number of nitrogens with zero attached hydrogens (tertiary/aromatic N) is 1. The highest BCUT2D eigenvalue weighted by Crippen LogP contribution is 2.04. The number of carbonyl (C=O) groups excluding carboxylic acids is 2. The summed E-state index contributed by atoms with van der Waals surface area (Å²) < 4.78 is 0. The van der Waals surface area contributed by atoms with E-state index in [0.717, 1.165) is 0 Å². The molecule has 1 atom stereocenters. The minimum Gasteiger partial charge on any atom is -0.334 e. The molecule has 14 heavy (non-hydrogen) atoms. The summed E-state index contributed by atoms with van der Waals surface area (Å²) in [7, 11) is 0. The van der Waals surface area contributed by atoms with Gasteiger partial charge in [0.2, 0.25) is 5.91 Å². The second-order valence-corrected chi connectivity index (χ2v) is 3.23. The van der Waals surface area contributed by atoms with Crippen molar-refractivity contribution < 1.29 is 9.59 Å². The summed E-state index contributed by atoms with van der Waals surface area (Å²) >= 11 is 5.62. The Bertz CT molecular complexity index is 241. The minimum absolute atomic E-state index is 0.352. The van der Waals surface area contributed by atoms with E-state index in [1.807, 2.05) is 0 Å². The molecule has 78 valence electrons. The first-order valence-electron chi connectivity index (χ1n) is 4.19. The van der Waals surface area contributed by atoms with Gasteiger partial charge in [-0.2, -0.15) is 0 Å². The van der Waals surface area contributed by atoms with Gasteiger partial charge in [0.25, 0.3) is 0 Å². The Labute approximate surface area is 89.0 Å². The smallest absolute Gasteiger partial charge is 0.248 e. The molecule has 0 saturated carbocycles. The van der Waals surface area contributed by atoms with Gasteiger partial charge in [0.15, 0.2) is 11.2 Å². The molecule has 0 rings (SSSR count). The largest absolute Gasteiger partial charge is 0.334 e. The zero-order valence-electron chi connectivity index (χ0n) is 8.20. The number of rotatable bonds is 6. The lowest BCUT2D eigenvalue weighted by molar-refractivity contribution is -0.133. The van der Waals surface area contributed by atoms with Gasteiger partial charge >= 0.3 is 0 Å². The Kier molecular flexibility index (Phi) is 5.88. The van der Waals surface area contributed by atoms with E-state index in [0.29, 0.717) is 13.1 Å². The Balaban J connectivity index is 4.48. The minimum atomic E-state index is -1.10. The van der Waals surface area contributed by atoms with Crippen molar-refractivity contribution >= 4 is 23.3 Å². The number of alkyl halides is 1. The second-order valence-electron chi connectivity index (χ2n) is 2.79. The molecule has 0 radical (unpaired) electrons. The third-order valence-corrected chi connectivity index (χ3v) is 2.08. The fourth-order valence-corrected chi connectivity index (χ4v) is 1.04. The molecule has 0 aromatic carbocycles. The van der Waals surface area contributed by atoms with Crippen molar-refractivity contribution in [3.05, 3.63) is 25.3 Å². The zero-order chi connectivity index (χ0) is 11.1. The molecule has 0 aromatic heterocycles. The monoisotopic (exact) mass is 215 g/mol. The molecule has 0 heterocycles. The Morgan fingerprint density at radius 1 is 1.36 bits per heavy atom. The number of amides is 1. The molecule has 0 aliphatic heterocycles. The molecule has 1 amide bonds. The van der Waals surface area contributed by atoms with Gasteiger partial charge in [0.05, 0.1) is 0 Å². The first-order valence-corrected chi connectivity index (χ1v) is 4.63. The van der Waals surface area contributed by atoms with Gasteiger partial charge in [-0.3, -0.25) is 9.59 Å². The van der Waals surface area contributed by atoms with Gasteiger partial charge in [-0.1, -0.05) is 12.2 Å². The second kappa shape index (κ2) is 6.38. The summed E-state index contributed by atoms with van der Waals surface area (Å²) in [6.07, 6.45) is 3.15. The molecule has 0 spiro atoms. The topological polar surface area (TPSA) is 37.4 Å². The van der Waals surface area contributed by atoms with Crippen LogP contribution in [0.15, 0.2) is 25.3 Å². The van der Waals surface area contributed by atoms with Crippen molar-refractivity contribution in [1.29, 1.82) is 0 Å². The number of halogens is 1. The van der Waals surface area contributed by atoms with E-state index >= 15 is 0 Å². The van der Waals surface area contributed by atoms with Crippen molar-refractivity contribution in [2.24, 2.45) is 0 Å². The van der Waals surface area contributed by atoms with Crippen LogP contribution < -0.4 is 0 Å². The van der Waals surface area contributed by atoms with E-state index < -0.39 is 11.3 Å². The highest BCUT2D eigenvalue weighted by Gasteiger charge is 2.24. The fourth-order valence-electron chi connectivity index (χ4n) is 0.900. The first-order chi connectivity index (χ1) is 6.54. The Hall–Kier alpha value is -1.09. The summed E-state index contributed by atoms with van der Waals surface area (Å²) in [6, 6.07) is 0. The molecule has 0 aliphatic rings. The van der Waals surface area contributed by atoms with E-state index in [4.69, 9.17) is 11.6 Å². The van der Waals surface area contributed by atoms with Crippen LogP contribution >= 0.6 is 11.6 Å². The van der Waals surface area contributed by atoms with Gasteiger partial charge in [-0.15, -0.1) is 24.8 Å². The Morgan fingerprint density at radius 2 is 1.79 bits per heavy atom. The van der Waals surface area contributed by atoms with Gasteiger partial charge in [-0.25, -0.2) is 0 Å². The lowest BCUT2D eigenvalue weighted by Gasteiger charge is -2.20. The predicted octanol–water partition coefficient (Wildman–Crippen LogP) is 1.38. The van der Waals surface area contributed by atoms with Crippen LogP contribution in [0.1, 0.15) is 6.92 Å². The maximum absolute atomic E-state index is 11.5. The van der Waals surface area contributed by atoms with Crippen molar-refractivity contribution in [3.8, 4) is 0 Å². The van der Waals surface area contributed by atoms with E-state index in [1.165, 1.54) is 11.8 Å². The summed E-state index contributed by atoms with van der Waals surface area (Å²) in [4.78, 5) is 23.8. The molecular weight excluding hydrogens is 202 g/mol. The molecule has 0 fully saturated rings. The van der Waals surface area contributed by atoms with Gasteiger partial charge in [0, 0.05) is 13.1 Å². The molecule has 4 heteroatoms. The summed E-state index contributed by atoms with van der Waals surface area (Å²) in [5.74, 6) is -0.756. The zero-order valence-corrected chi connectivity index (χ0v) is 8.96. The maximum atomic E-state index is 11.5. The molecule has 0 aromatic rings. The highest BCUT2D eigenvalue weighted by atomic mass is 35.5. The van der Waals surface area contributed by atoms with Crippen molar-refractivity contribution in [2.45, 2.75) is 12.3 Å². The molecule has 1 unspecified atom stereocenters. The Morgan fingerprint density at radius 3 is 2.07 bits per heavy atom. The molecular formula is C10H14ClNO2. The number of hydrogen-bond donors (Lipinski definition) is 0. The third kappa shape index (κ3) is 3.75. The van der Waals surface area contributed by atoms with Crippen LogP contribution in [0.4, 0.5) is 0 Å². The van der Waals surface area contributed by atoms with E-state index in [9.17, 15) is 9.59 Å². The standard InChI is InChI=1S/C10H14ClNO2/c1-4-6-12(7-5-2)10(14)9(11)8(3)13/h4-5,9H,1-2,6-7H2,3H3. The van der Waals surface area contributed by atoms with E-state index in [2.05, 4.69) is 13.2 Å². The molecule has 3 nitrogen and oxygen atoms in total. The molecule has 0 aliphatic carbocycles. The van der Waals surface area contributed by atoms with Crippen LogP contribution in [-0.4, -0.2) is 35.1 Å². The number of ketones is 1. The van der Waals surface area contributed by atoms with Gasteiger partial charge < -0.3 is 4.90 Å². The number of carbonyl (C=O) groups is 2. The SMILES string of the molecule is C=CCN(CC=C)C(=O)C(Cl)C(C)=O. The molecule has 0 bridgehead atoms. The van der Waals surface area contributed by atoms with Gasteiger partial charge in [0.1, 0.15) is 0 Å². The fraction of sp³-hybridized carbons (Fsp3) is 0.400. The quantitative estimate of drug-likeness (QED) is 0.382. The maximum Gasteiger partial charge on any atom is 0.248 e. The number of Topliss-reactive ketones (excluding diaryl/α,β-unsaturated/α-hetero) is 1. The van der Waals surface area contributed by atoms with E-state index in [-0.39, 0.29) is 5.78 Å². The normalized spacial score (nSPS) is 11.6. The first kappa shape index (κ1) is 12.9. The van der Waals surface area contributed by atoms with E-state index in [1.54, 1.807) is 12.2 Å². The van der Waals surface area contributed by atoms with Crippen LogP contribution in [0.3, 0.4) is 0 Å². The lowest BCUT2D eigenvalue weighted by Crippen LogP contribution is -2.39. The lowest BCUT2D eigenvalue weighted by atomic mass is 10.2. The average molecular weight is 216 g/mol. The average Bonchev–Trinajstić information content (AvgIpc) is 2.15. The van der Waals surface area contributed by atoms with Crippen molar-refractivity contribution in [1.82, 2.24) is 4.90 Å². The highest BCUT2D eigenvalue weighted by molar-refractivity contribution is 6.41. The molecule has 0 N–H and O–H groups in total. The van der Waals surface area contributed by atoms with Crippen LogP contribution in [0.2, 0.25) is 0 Å². The van der Waals surface area contributed by atoms with Crippen molar-refractivity contribution in [3.63, 3.8) is 0 Å². The summed E-state index contributed by atoms with van der Waals surface area (Å²) in [6.45, 7) is 9.04. The van der Waals surface area contributed by atoms with Crippen LogP contribution in [0.25, 0.3) is 0 Å². The number of hydrogen-bond acceptors (Lipinski definition) is 2. The van der Waals surface area contributed by atoms with Crippen LogP contribution in [0, 0.1) is 0 Å². The van der Waals surface area contributed by atoms with Crippen molar-refractivity contribution in [2.75, 3.05) is 13.1 Å². The van der Waals surface area contributed by atoms with Crippen LogP contribution in [-0.2, 0) is 9.59 Å². The predicted molar refractivity (Wildman–Crippen MR) is 57.3 cm³/mol. The summed E-state index contributed by atoms with van der Waals surface area (Å²) in [5.41, 5.74) is 0. The third-order valence-electron chi connectivity index (χ3n) is 1.58. The summed E-state index contributed by atoms with van der Waals surface area (Å²) in [5, 5.41) is -1.10. The molecule has 0 saturated heterocycles.